The van der Waals surface area contributed by atoms with Crippen molar-refractivity contribution in [2.45, 2.75) is 19.8 Å². The third-order valence-corrected chi connectivity index (χ3v) is 1.82. The van der Waals surface area contributed by atoms with Gasteiger partial charge >= 0.3 is 5.97 Å². The molecule has 0 aliphatic heterocycles. The van der Waals surface area contributed by atoms with Crippen LogP contribution in [0.4, 0.5) is 0 Å². The first-order valence-corrected chi connectivity index (χ1v) is 4.12. The molecule has 1 atom stereocenters. The zero-order valence-electron chi connectivity index (χ0n) is 7.08. The van der Waals surface area contributed by atoms with Gasteiger partial charge in [-0.1, -0.05) is 6.08 Å². The maximum atomic E-state index is 11.1. The standard InChI is InChI=1S/C9H12O3/c1-2-12-9(11)7-5-3-4-6-8(7)10/h4,6-7H,2-3,5H2,1H3. The highest BCUT2D eigenvalue weighted by Gasteiger charge is 2.27. The number of hydrogen-bond acceptors (Lipinski definition) is 3. The number of ether oxygens (including phenoxy) is 1. The first-order chi connectivity index (χ1) is 5.75. The number of carbonyl (C=O) groups excluding carboxylic acids is 2. The summed E-state index contributed by atoms with van der Waals surface area (Å²) in [5.74, 6) is -1.05. The van der Waals surface area contributed by atoms with Crippen molar-refractivity contribution in [2.75, 3.05) is 6.61 Å². The molecule has 1 unspecified atom stereocenters. The van der Waals surface area contributed by atoms with Crippen LogP contribution in [0.15, 0.2) is 12.2 Å². The second-order valence-electron chi connectivity index (χ2n) is 2.69. The predicted octanol–water partition coefficient (Wildman–Crippen LogP) is 1.08. The minimum absolute atomic E-state index is 0.125. The summed E-state index contributed by atoms with van der Waals surface area (Å²) in [4.78, 5) is 22.3. The van der Waals surface area contributed by atoms with Crippen molar-refractivity contribution in [2.24, 2.45) is 5.92 Å². The minimum Gasteiger partial charge on any atom is -0.465 e. The Morgan fingerprint density at radius 3 is 3.08 bits per heavy atom. The summed E-state index contributed by atoms with van der Waals surface area (Å²) in [5, 5.41) is 0. The van der Waals surface area contributed by atoms with E-state index < -0.39 is 5.92 Å². The molecule has 1 aliphatic rings. The number of rotatable bonds is 2. The lowest BCUT2D eigenvalue weighted by Gasteiger charge is -2.14. The van der Waals surface area contributed by atoms with Crippen molar-refractivity contribution >= 4 is 11.8 Å². The summed E-state index contributed by atoms with van der Waals surface area (Å²) in [7, 11) is 0. The molecule has 0 aromatic rings. The van der Waals surface area contributed by atoms with E-state index in [0.29, 0.717) is 13.0 Å². The van der Waals surface area contributed by atoms with E-state index in [1.165, 1.54) is 6.08 Å². The van der Waals surface area contributed by atoms with Crippen LogP contribution in [0.1, 0.15) is 19.8 Å². The zero-order valence-corrected chi connectivity index (χ0v) is 7.08. The summed E-state index contributed by atoms with van der Waals surface area (Å²) >= 11 is 0. The predicted molar refractivity (Wildman–Crippen MR) is 43.5 cm³/mol. The molecular formula is C9H12O3. The fourth-order valence-corrected chi connectivity index (χ4v) is 1.20. The van der Waals surface area contributed by atoms with Gasteiger partial charge < -0.3 is 4.74 Å². The van der Waals surface area contributed by atoms with Crippen molar-refractivity contribution < 1.29 is 14.3 Å². The van der Waals surface area contributed by atoms with Crippen LogP contribution in [0.2, 0.25) is 0 Å². The van der Waals surface area contributed by atoms with E-state index in [-0.39, 0.29) is 11.8 Å². The molecule has 3 nitrogen and oxygen atoms in total. The molecule has 66 valence electrons. The van der Waals surface area contributed by atoms with Crippen molar-refractivity contribution in [3.8, 4) is 0 Å². The molecule has 12 heavy (non-hydrogen) atoms. The van der Waals surface area contributed by atoms with Crippen molar-refractivity contribution in [1.29, 1.82) is 0 Å². The summed E-state index contributed by atoms with van der Waals surface area (Å²) < 4.78 is 4.76. The molecule has 1 rings (SSSR count). The lowest BCUT2D eigenvalue weighted by molar-refractivity contribution is -0.150. The maximum Gasteiger partial charge on any atom is 0.316 e. The van der Waals surface area contributed by atoms with E-state index in [2.05, 4.69) is 0 Å². The Bertz CT molecular complexity index is 218. The van der Waals surface area contributed by atoms with Gasteiger partial charge in [-0.2, -0.15) is 0 Å². The van der Waals surface area contributed by atoms with Gasteiger partial charge in [0.15, 0.2) is 5.78 Å². The smallest absolute Gasteiger partial charge is 0.316 e. The Hall–Kier alpha value is -1.12. The molecule has 0 fully saturated rings. The van der Waals surface area contributed by atoms with Crippen LogP contribution in [0.25, 0.3) is 0 Å². The molecule has 0 spiro atoms. The first kappa shape index (κ1) is 8.97. The van der Waals surface area contributed by atoms with Gasteiger partial charge in [-0.15, -0.1) is 0 Å². The highest BCUT2D eigenvalue weighted by Crippen LogP contribution is 2.16. The topological polar surface area (TPSA) is 43.4 Å². The second-order valence-corrected chi connectivity index (χ2v) is 2.69. The van der Waals surface area contributed by atoms with Gasteiger partial charge in [0.05, 0.1) is 6.61 Å². The number of ketones is 1. The van der Waals surface area contributed by atoms with Crippen LogP contribution >= 0.6 is 0 Å². The van der Waals surface area contributed by atoms with E-state index in [1.807, 2.05) is 0 Å². The van der Waals surface area contributed by atoms with Crippen LogP contribution in [0, 0.1) is 5.92 Å². The monoisotopic (exact) mass is 168 g/mol. The lowest BCUT2D eigenvalue weighted by Crippen LogP contribution is -2.26. The number of esters is 1. The summed E-state index contributed by atoms with van der Waals surface area (Å²) in [6, 6.07) is 0. The second kappa shape index (κ2) is 4.04. The Labute approximate surface area is 71.4 Å². The van der Waals surface area contributed by atoms with Gasteiger partial charge in [0.2, 0.25) is 0 Å². The molecule has 0 aromatic carbocycles. The summed E-state index contributed by atoms with van der Waals surface area (Å²) in [6.45, 7) is 2.08. The Kier molecular flexibility index (Phi) is 3.02. The quantitative estimate of drug-likeness (QED) is 0.458. The maximum absolute atomic E-state index is 11.1. The number of allylic oxidation sites excluding steroid dienone is 2. The van der Waals surface area contributed by atoms with Crippen molar-refractivity contribution in [1.82, 2.24) is 0 Å². The Morgan fingerprint density at radius 2 is 2.50 bits per heavy atom. The van der Waals surface area contributed by atoms with E-state index in [4.69, 9.17) is 4.74 Å². The third kappa shape index (κ3) is 1.94. The highest BCUT2D eigenvalue weighted by molar-refractivity contribution is 6.05. The largest absolute Gasteiger partial charge is 0.465 e. The summed E-state index contributed by atoms with van der Waals surface area (Å²) in [6.07, 6.45) is 4.63. The van der Waals surface area contributed by atoms with Gasteiger partial charge in [0, 0.05) is 0 Å². The van der Waals surface area contributed by atoms with Crippen LogP contribution in [-0.2, 0) is 14.3 Å². The van der Waals surface area contributed by atoms with Crippen LogP contribution in [-0.4, -0.2) is 18.4 Å². The van der Waals surface area contributed by atoms with Gasteiger partial charge in [0.25, 0.3) is 0 Å². The fraction of sp³-hybridized carbons (Fsp3) is 0.556. The van der Waals surface area contributed by atoms with Crippen molar-refractivity contribution in [3.05, 3.63) is 12.2 Å². The lowest BCUT2D eigenvalue weighted by atomic mass is 9.93. The van der Waals surface area contributed by atoms with Gasteiger partial charge in [-0.25, -0.2) is 0 Å². The molecule has 0 heterocycles. The Balaban J connectivity index is 2.56. The number of carbonyl (C=O) groups is 2. The zero-order chi connectivity index (χ0) is 8.97. The van der Waals surface area contributed by atoms with E-state index >= 15 is 0 Å². The van der Waals surface area contributed by atoms with E-state index in [1.54, 1.807) is 13.0 Å². The number of hydrogen-bond donors (Lipinski definition) is 0. The molecule has 3 heteroatoms. The normalized spacial score (nSPS) is 22.4. The molecule has 0 saturated heterocycles. The molecular weight excluding hydrogens is 156 g/mol. The Morgan fingerprint density at radius 1 is 1.75 bits per heavy atom. The van der Waals surface area contributed by atoms with Gasteiger partial charge in [-0.3, -0.25) is 9.59 Å². The SMILES string of the molecule is CCOC(=O)C1CCC=CC1=O. The minimum atomic E-state index is -0.546. The van der Waals surface area contributed by atoms with E-state index in [9.17, 15) is 9.59 Å². The van der Waals surface area contributed by atoms with Gasteiger partial charge in [-0.05, 0) is 25.8 Å². The van der Waals surface area contributed by atoms with Crippen LogP contribution < -0.4 is 0 Å². The molecule has 0 N–H and O–H groups in total. The summed E-state index contributed by atoms with van der Waals surface area (Å²) in [5.41, 5.74) is 0. The van der Waals surface area contributed by atoms with Crippen LogP contribution in [0.5, 0.6) is 0 Å². The van der Waals surface area contributed by atoms with Crippen molar-refractivity contribution in [3.63, 3.8) is 0 Å². The average molecular weight is 168 g/mol. The average Bonchev–Trinajstić information content (AvgIpc) is 2.05. The molecule has 0 aromatic heterocycles. The molecule has 0 saturated carbocycles. The van der Waals surface area contributed by atoms with Gasteiger partial charge in [0.1, 0.15) is 5.92 Å². The highest BCUT2D eigenvalue weighted by atomic mass is 16.5. The third-order valence-electron chi connectivity index (χ3n) is 1.82. The van der Waals surface area contributed by atoms with Crippen LogP contribution in [0.3, 0.4) is 0 Å². The molecule has 0 bridgehead atoms. The fourth-order valence-electron chi connectivity index (χ4n) is 1.20. The van der Waals surface area contributed by atoms with E-state index in [0.717, 1.165) is 6.42 Å². The molecule has 1 aliphatic carbocycles. The molecule has 0 amide bonds. The first-order valence-electron chi connectivity index (χ1n) is 4.12. The molecule has 0 radical (unpaired) electrons.